The van der Waals surface area contributed by atoms with E-state index in [1.54, 1.807) is 37.3 Å². The molecule has 1 heterocycles. The second-order valence-corrected chi connectivity index (χ2v) is 6.41. The van der Waals surface area contributed by atoms with Crippen molar-refractivity contribution in [1.82, 2.24) is 15.0 Å². The highest BCUT2D eigenvalue weighted by molar-refractivity contribution is 7.91. The molecule has 6 heteroatoms. The van der Waals surface area contributed by atoms with Crippen LogP contribution in [0.5, 0.6) is 0 Å². The SMILES string of the molecule is Cc1c(S(=O)(=O)c2ccccc2)nnn1-c1ccccc1. The molecule has 106 valence electrons. The highest BCUT2D eigenvalue weighted by Gasteiger charge is 2.25. The van der Waals surface area contributed by atoms with Crippen molar-refractivity contribution in [3.05, 3.63) is 66.4 Å². The second kappa shape index (κ2) is 5.14. The third-order valence-corrected chi connectivity index (χ3v) is 4.94. The Morgan fingerprint density at radius 3 is 2.10 bits per heavy atom. The minimum Gasteiger partial charge on any atom is -0.217 e. The monoisotopic (exact) mass is 299 g/mol. The number of hydrogen-bond donors (Lipinski definition) is 0. The fourth-order valence-corrected chi connectivity index (χ4v) is 3.45. The fraction of sp³-hybridized carbons (Fsp3) is 0.0667. The lowest BCUT2D eigenvalue weighted by molar-refractivity contribution is 0.591. The van der Waals surface area contributed by atoms with E-state index < -0.39 is 9.84 Å². The molecule has 1 aromatic heterocycles. The molecule has 0 aliphatic rings. The minimum atomic E-state index is -3.65. The number of nitrogens with zero attached hydrogens (tertiary/aromatic N) is 3. The van der Waals surface area contributed by atoms with Crippen LogP contribution in [0.3, 0.4) is 0 Å². The molecule has 0 atom stereocenters. The minimum absolute atomic E-state index is 0.0162. The maximum absolute atomic E-state index is 12.6. The molecule has 2 aromatic carbocycles. The average Bonchev–Trinajstić information content (AvgIpc) is 2.91. The van der Waals surface area contributed by atoms with Gasteiger partial charge in [-0.3, -0.25) is 0 Å². The van der Waals surface area contributed by atoms with Crippen LogP contribution in [-0.2, 0) is 9.84 Å². The lowest BCUT2D eigenvalue weighted by atomic mass is 10.3. The van der Waals surface area contributed by atoms with Crippen molar-refractivity contribution in [2.24, 2.45) is 0 Å². The summed E-state index contributed by atoms with van der Waals surface area (Å²) in [7, 11) is -3.65. The Balaban J connectivity index is 2.12. The first kappa shape index (κ1) is 13.5. The molecule has 0 radical (unpaired) electrons. The average molecular weight is 299 g/mol. The molecular weight excluding hydrogens is 286 g/mol. The number of para-hydroxylation sites is 1. The predicted molar refractivity (Wildman–Crippen MR) is 78.0 cm³/mol. The molecule has 0 unspecified atom stereocenters. The molecule has 0 saturated heterocycles. The Kier molecular flexibility index (Phi) is 3.31. The van der Waals surface area contributed by atoms with Gasteiger partial charge in [0.15, 0.2) is 0 Å². The Morgan fingerprint density at radius 2 is 1.48 bits per heavy atom. The quantitative estimate of drug-likeness (QED) is 0.745. The highest BCUT2D eigenvalue weighted by Crippen LogP contribution is 2.22. The summed E-state index contributed by atoms with van der Waals surface area (Å²) in [5.74, 6) is 0. The summed E-state index contributed by atoms with van der Waals surface area (Å²) in [4.78, 5) is 0.216. The zero-order chi connectivity index (χ0) is 14.9. The summed E-state index contributed by atoms with van der Waals surface area (Å²) in [6, 6.07) is 17.6. The van der Waals surface area contributed by atoms with Crippen LogP contribution < -0.4 is 0 Å². The Labute approximate surface area is 122 Å². The number of hydrogen-bond acceptors (Lipinski definition) is 4. The van der Waals surface area contributed by atoms with Gasteiger partial charge < -0.3 is 0 Å². The van der Waals surface area contributed by atoms with E-state index in [0.29, 0.717) is 5.69 Å². The zero-order valence-electron chi connectivity index (χ0n) is 11.3. The topological polar surface area (TPSA) is 64.8 Å². The van der Waals surface area contributed by atoms with Crippen molar-refractivity contribution < 1.29 is 8.42 Å². The first-order valence-corrected chi connectivity index (χ1v) is 7.87. The Bertz CT molecular complexity index is 856. The second-order valence-electron chi connectivity index (χ2n) is 4.54. The van der Waals surface area contributed by atoms with E-state index in [4.69, 9.17) is 0 Å². The highest BCUT2D eigenvalue weighted by atomic mass is 32.2. The van der Waals surface area contributed by atoms with Crippen LogP contribution in [0.4, 0.5) is 0 Å². The van der Waals surface area contributed by atoms with Gasteiger partial charge in [-0.25, -0.2) is 13.1 Å². The largest absolute Gasteiger partial charge is 0.227 e. The fourth-order valence-electron chi connectivity index (χ4n) is 2.09. The standard InChI is InChI=1S/C15H13N3O2S/c1-12-15(21(19,20)14-10-6-3-7-11-14)16-17-18(12)13-8-4-2-5-9-13/h2-11H,1H3. The molecule has 0 N–H and O–H groups in total. The molecule has 0 fully saturated rings. The van der Waals surface area contributed by atoms with Crippen LogP contribution in [-0.4, -0.2) is 23.4 Å². The molecule has 0 bridgehead atoms. The first-order chi connectivity index (χ1) is 10.1. The van der Waals surface area contributed by atoms with E-state index >= 15 is 0 Å². The molecule has 0 spiro atoms. The molecule has 5 nitrogen and oxygen atoms in total. The van der Waals surface area contributed by atoms with E-state index in [1.165, 1.54) is 4.68 Å². The van der Waals surface area contributed by atoms with Crippen molar-refractivity contribution in [2.45, 2.75) is 16.8 Å². The summed E-state index contributed by atoms with van der Waals surface area (Å²) in [5.41, 5.74) is 1.27. The van der Waals surface area contributed by atoms with E-state index in [1.807, 2.05) is 30.3 Å². The van der Waals surface area contributed by atoms with Gasteiger partial charge in [0, 0.05) is 0 Å². The van der Waals surface area contributed by atoms with Gasteiger partial charge in [0.2, 0.25) is 14.9 Å². The smallest absolute Gasteiger partial charge is 0.217 e. The van der Waals surface area contributed by atoms with Gasteiger partial charge in [-0.2, -0.15) is 0 Å². The van der Waals surface area contributed by atoms with Gasteiger partial charge in [-0.05, 0) is 31.2 Å². The molecule has 0 amide bonds. The van der Waals surface area contributed by atoms with Crippen LogP contribution in [0.15, 0.2) is 70.6 Å². The van der Waals surface area contributed by atoms with Crippen molar-refractivity contribution in [3.8, 4) is 5.69 Å². The van der Waals surface area contributed by atoms with Gasteiger partial charge in [0.1, 0.15) is 0 Å². The zero-order valence-corrected chi connectivity index (χ0v) is 12.2. The lowest BCUT2D eigenvalue weighted by Crippen LogP contribution is -2.05. The summed E-state index contributed by atoms with van der Waals surface area (Å²) >= 11 is 0. The third-order valence-electron chi connectivity index (χ3n) is 3.16. The maximum atomic E-state index is 12.6. The molecule has 0 saturated carbocycles. The molecule has 0 aliphatic heterocycles. The maximum Gasteiger partial charge on any atom is 0.227 e. The van der Waals surface area contributed by atoms with Crippen LogP contribution in [0, 0.1) is 6.92 Å². The first-order valence-electron chi connectivity index (χ1n) is 6.38. The number of benzene rings is 2. The van der Waals surface area contributed by atoms with Gasteiger partial charge in [-0.1, -0.05) is 41.6 Å². The predicted octanol–water partition coefficient (Wildman–Crippen LogP) is 2.41. The summed E-state index contributed by atoms with van der Waals surface area (Å²) < 4.78 is 26.7. The number of sulfone groups is 1. The van der Waals surface area contributed by atoms with E-state index in [9.17, 15) is 8.42 Å². The number of aromatic nitrogens is 3. The van der Waals surface area contributed by atoms with Crippen LogP contribution in [0.1, 0.15) is 5.69 Å². The van der Waals surface area contributed by atoms with Gasteiger partial charge in [-0.15, -0.1) is 5.10 Å². The molecule has 3 rings (SSSR count). The Hall–Kier alpha value is -2.47. The van der Waals surface area contributed by atoms with Gasteiger partial charge in [0.05, 0.1) is 16.3 Å². The van der Waals surface area contributed by atoms with E-state index in [2.05, 4.69) is 10.3 Å². The van der Waals surface area contributed by atoms with Gasteiger partial charge in [0.25, 0.3) is 0 Å². The Morgan fingerprint density at radius 1 is 0.905 bits per heavy atom. The van der Waals surface area contributed by atoms with Crippen molar-refractivity contribution in [3.63, 3.8) is 0 Å². The molecule has 21 heavy (non-hydrogen) atoms. The van der Waals surface area contributed by atoms with Crippen molar-refractivity contribution in [1.29, 1.82) is 0 Å². The molecule has 0 aliphatic carbocycles. The lowest BCUT2D eigenvalue weighted by Gasteiger charge is -2.04. The molecular formula is C15H13N3O2S. The van der Waals surface area contributed by atoms with E-state index in [0.717, 1.165) is 5.69 Å². The van der Waals surface area contributed by atoms with Crippen LogP contribution in [0.25, 0.3) is 5.69 Å². The van der Waals surface area contributed by atoms with Crippen LogP contribution in [0.2, 0.25) is 0 Å². The number of rotatable bonds is 3. The molecule has 3 aromatic rings. The van der Waals surface area contributed by atoms with Gasteiger partial charge >= 0.3 is 0 Å². The van der Waals surface area contributed by atoms with E-state index in [-0.39, 0.29) is 9.92 Å². The summed E-state index contributed by atoms with van der Waals surface area (Å²) in [6.07, 6.45) is 0. The van der Waals surface area contributed by atoms with Crippen LogP contribution >= 0.6 is 0 Å². The summed E-state index contributed by atoms with van der Waals surface area (Å²) in [6.45, 7) is 1.70. The third kappa shape index (κ3) is 2.34. The normalized spacial score (nSPS) is 11.5. The van der Waals surface area contributed by atoms with Crippen molar-refractivity contribution in [2.75, 3.05) is 0 Å². The van der Waals surface area contributed by atoms with Crippen molar-refractivity contribution >= 4 is 9.84 Å². The summed E-state index contributed by atoms with van der Waals surface area (Å²) in [5, 5.41) is 7.81.